The van der Waals surface area contributed by atoms with Crippen molar-refractivity contribution in [3.8, 4) is 0 Å². The number of aliphatic hydroxyl groups is 1. The second kappa shape index (κ2) is 9.30. The molecule has 0 amide bonds. The number of ether oxygens (including phenoxy) is 1. The Morgan fingerprint density at radius 2 is 1.88 bits per heavy atom. The van der Waals surface area contributed by atoms with Crippen molar-refractivity contribution in [3.05, 3.63) is 29.8 Å². The van der Waals surface area contributed by atoms with E-state index in [-0.39, 0.29) is 18.4 Å². The van der Waals surface area contributed by atoms with Crippen LogP contribution >= 0.6 is 11.8 Å². The first-order valence-corrected chi connectivity index (χ1v) is 7.52. The molecule has 0 aliphatic heterocycles. The van der Waals surface area contributed by atoms with Crippen molar-refractivity contribution in [2.45, 2.75) is 36.5 Å². The first kappa shape index (κ1) is 20.0. The molecule has 0 aliphatic rings. The Morgan fingerprint density at radius 3 is 2.38 bits per heavy atom. The number of halogens is 2. The number of alkyl halides is 2. The molecule has 0 aromatic heterocycles. The predicted octanol–water partition coefficient (Wildman–Crippen LogP) is 1.75. The lowest BCUT2D eigenvalue weighted by molar-refractivity contribution is -0.158. The first-order chi connectivity index (χ1) is 11.2. The summed E-state index contributed by atoms with van der Waals surface area (Å²) in [5.41, 5.74) is 5.05. The summed E-state index contributed by atoms with van der Waals surface area (Å²) < 4.78 is 29.4. The van der Waals surface area contributed by atoms with Crippen molar-refractivity contribution in [3.63, 3.8) is 0 Å². The number of carbonyl (C=O) groups excluding carboxylic acids is 1. The number of rotatable bonds is 8. The molecular formula is C14H16F2N2O5S. The highest BCUT2D eigenvalue weighted by molar-refractivity contribution is 8.14. The van der Waals surface area contributed by atoms with Gasteiger partial charge in [-0.3, -0.25) is 15.0 Å². The molecule has 1 unspecified atom stereocenters. The highest BCUT2D eigenvalue weighted by Crippen LogP contribution is 2.25. The fourth-order valence-electron chi connectivity index (χ4n) is 1.49. The van der Waals surface area contributed by atoms with Gasteiger partial charge in [0.15, 0.2) is 0 Å². The van der Waals surface area contributed by atoms with Gasteiger partial charge in [0.05, 0.1) is 0 Å². The first-order valence-electron chi connectivity index (χ1n) is 6.71. The van der Waals surface area contributed by atoms with Crippen molar-refractivity contribution < 1.29 is 33.3 Å². The van der Waals surface area contributed by atoms with Crippen LogP contribution in [0, 0.1) is 5.41 Å². The number of nitrogens with one attached hydrogen (secondary N) is 1. The van der Waals surface area contributed by atoms with E-state index in [0.717, 1.165) is 11.8 Å². The maximum absolute atomic E-state index is 12.4. The Labute approximate surface area is 140 Å². The number of carbonyl (C=O) groups is 2. The standard InChI is InChI=1S/C14H16F2N2O5S/c15-11(16)7-1-3-8(4-2-7)24-12(18)14(22)23-10(19)6-5-9(17)13(20)21/h1-4,9,11,14,18,22H,5-6,17H2,(H,20,21)/t9-,14?/m0/s1. The summed E-state index contributed by atoms with van der Waals surface area (Å²) in [7, 11) is 0. The molecule has 7 nitrogen and oxygen atoms in total. The zero-order valence-corrected chi connectivity index (χ0v) is 13.1. The number of carboxylic acid groups (broad SMARTS) is 1. The fourth-order valence-corrected chi connectivity index (χ4v) is 2.17. The minimum Gasteiger partial charge on any atom is -0.480 e. The SMILES string of the molecule is N=C(Sc1ccc(C(F)F)cc1)C(O)OC(=O)CC[C@H](N)C(=O)O. The Balaban J connectivity index is 2.46. The molecule has 5 N–H and O–H groups in total. The molecule has 0 fully saturated rings. The molecule has 2 atom stereocenters. The quantitative estimate of drug-likeness (QED) is 0.182. The van der Waals surface area contributed by atoms with E-state index in [4.69, 9.17) is 16.2 Å². The van der Waals surface area contributed by atoms with E-state index >= 15 is 0 Å². The predicted molar refractivity (Wildman–Crippen MR) is 81.9 cm³/mol. The summed E-state index contributed by atoms with van der Waals surface area (Å²) in [6.45, 7) is 0. The van der Waals surface area contributed by atoms with Gasteiger partial charge in [-0.1, -0.05) is 23.9 Å². The molecule has 0 bridgehead atoms. The van der Waals surface area contributed by atoms with Crippen molar-refractivity contribution in [2.24, 2.45) is 5.73 Å². The number of aliphatic hydroxyl groups excluding tert-OH is 1. The molecule has 10 heteroatoms. The number of hydrogen-bond acceptors (Lipinski definition) is 7. The molecular weight excluding hydrogens is 346 g/mol. The molecule has 1 aromatic carbocycles. The lowest BCUT2D eigenvalue weighted by atomic mass is 10.2. The summed E-state index contributed by atoms with van der Waals surface area (Å²) >= 11 is 0.736. The molecule has 0 saturated heterocycles. The molecule has 0 saturated carbocycles. The zero-order valence-electron chi connectivity index (χ0n) is 12.3. The van der Waals surface area contributed by atoms with E-state index in [1.165, 1.54) is 24.3 Å². The second-order valence-electron chi connectivity index (χ2n) is 4.66. The van der Waals surface area contributed by atoms with Crippen LogP contribution in [0.5, 0.6) is 0 Å². The van der Waals surface area contributed by atoms with Crippen LogP contribution in [0.15, 0.2) is 29.2 Å². The maximum Gasteiger partial charge on any atom is 0.320 e. The fraction of sp³-hybridized carbons (Fsp3) is 0.357. The molecule has 132 valence electrons. The van der Waals surface area contributed by atoms with Gasteiger partial charge in [-0.15, -0.1) is 0 Å². The Kier molecular flexibility index (Phi) is 7.75. The minimum atomic E-state index is -2.60. The van der Waals surface area contributed by atoms with E-state index in [9.17, 15) is 23.5 Å². The molecule has 1 aromatic rings. The van der Waals surface area contributed by atoms with Gasteiger partial charge in [0.25, 0.3) is 6.43 Å². The summed E-state index contributed by atoms with van der Waals surface area (Å²) in [6, 6.07) is 3.84. The number of nitrogens with two attached hydrogens (primary N) is 1. The molecule has 24 heavy (non-hydrogen) atoms. The topological polar surface area (TPSA) is 134 Å². The van der Waals surface area contributed by atoms with Crippen LogP contribution < -0.4 is 5.73 Å². The van der Waals surface area contributed by atoms with Crippen LogP contribution in [0.4, 0.5) is 8.78 Å². The van der Waals surface area contributed by atoms with E-state index in [2.05, 4.69) is 4.74 Å². The van der Waals surface area contributed by atoms with Crippen LogP contribution in [0.3, 0.4) is 0 Å². The number of benzene rings is 1. The van der Waals surface area contributed by atoms with Crippen LogP contribution in [-0.2, 0) is 14.3 Å². The monoisotopic (exact) mass is 362 g/mol. The molecule has 0 radical (unpaired) electrons. The third-order valence-electron chi connectivity index (χ3n) is 2.80. The average molecular weight is 362 g/mol. The van der Waals surface area contributed by atoms with Gasteiger partial charge in [-0.25, -0.2) is 8.78 Å². The molecule has 0 aliphatic carbocycles. The van der Waals surface area contributed by atoms with Crippen LogP contribution in [-0.4, -0.2) is 39.5 Å². The highest BCUT2D eigenvalue weighted by atomic mass is 32.2. The smallest absolute Gasteiger partial charge is 0.320 e. The average Bonchev–Trinajstić information content (AvgIpc) is 2.52. The van der Waals surface area contributed by atoms with Gasteiger partial charge in [0, 0.05) is 16.9 Å². The van der Waals surface area contributed by atoms with Crippen LogP contribution in [0.25, 0.3) is 0 Å². The van der Waals surface area contributed by atoms with Crippen molar-refractivity contribution >= 4 is 28.7 Å². The van der Waals surface area contributed by atoms with E-state index in [0.29, 0.717) is 4.90 Å². The number of carboxylic acids is 1. The summed E-state index contributed by atoms with van der Waals surface area (Å²) in [5, 5.41) is 25.4. The Hall–Kier alpha value is -2.04. The van der Waals surface area contributed by atoms with Crippen molar-refractivity contribution in [1.29, 1.82) is 5.41 Å². The summed E-state index contributed by atoms with van der Waals surface area (Å²) in [5.74, 6) is -2.17. The second-order valence-corrected chi connectivity index (χ2v) is 5.78. The summed E-state index contributed by atoms with van der Waals surface area (Å²) in [6.07, 6.45) is -4.94. The van der Waals surface area contributed by atoms with Crippen molar-refractivity contribution in [1.82, 2.24) is 0 Å². The van der Waals surface area contributed by atoms with Gasteiger partial charge in [0.2, 0.25) is 6.29 Å². The lowest BCUT2D eigenvalue weighted by Gasteiger charge is -2.13. The van der Waals surface area contributed by atoms with Crippen molar-refractivity contribution in [2.75, 3.05) is 0 Å². The molecule has 0 spiro atoms. The van der Waals surface area contributed by atoms with Gasteiger partial charge < -0.3 is 20.7 Å². The normalized spacial score (nSPS) is 13.4. The third kappa shape index (κ3) is 6.60. The van der Waals surface area contributed by atoms with Gasteiger partial charge >= 0.3 is 11.9 Å². The maximum atomic E-state index is 12.4. The third-order valence-corrected chi connectivity index (χ3v) is 3.73. The van der Waals surface area contributed by atoms with Crippen LogP contribution in [0.2, 0.25) is 0 Å². The van der Waals surface area contributed by atoms with E-state index in [1.54, 1.807) is 0 Å². The van der Waals surface area contributed by atoms with Crippen LogP contribution in [0.1, 0.15) is 24.8 Å². The summed E-state index contributed by atoms with van der Waals surface area (Å²) in [4.78, 5) is 22.3. The lowest BCUT2D eigenvalue weighted by Crippen LogP contribution is -2.31. The van der Waals surface area contributed by atoms with Gasteiger partial charge in [0.1, 0.15) is 11.1 Å². The molecule has 0 heterocycles. The van der Waals surface area contributed by atoms with E-state index < -0.39 is 35.7 Å². The minimum absolute atomic E-state index is 0.170. The zero-order chi connectivity index (χ0) is 18.3. The number of esters is 1. The molecule has 1 rings (SSSR count). The Morgan fingerprint density at radius 1 is 1.29 bits per heavy atom. The Bertz CT molecular complexity index is 597. The number of hydrogen-bond donors (Lipinski definition) is 4. The largest absolute Gasteiger partial charge is 0.480 e. The number of aliphatic carboxylic acids is 1. The number of thioether (sulfide) groups is 1. The van der Waals surface area contributed by atoms with Gasteiger partial charge in [-0.05, 0) is 18.6 Å². The van der Waals surface area contributed by atoms with E-state index in [1.807, 2.05) is 0 Å². The van der Waals surface area contributed by atoms with Gasteiger partial charge in [-0.2, -0.15) is 0 Å². The highest BCUT2D eigenvalue weighted by Gasteiger charge is 2.20.